The van der Waals surface area contributed by atoms with Gasteiger partial charge >= 0.3 is 0 Å². The second-order valence-electron chi connectivity index (χ2n) is 7.38. The fourth-order valence-electron chi connectivity index (χ4n) is 3.30. The molecule has 0 aliphatic heterocycles. The second-order valence-corrected chi connectivity index (χ2v) is 8.09. The van der Waals surface area contributed by atoms with E-state index in [9.17, 15) is 4.91 Å². The van der Waals surface area contributed by atoms with Crippen molar-refractivity contribution >= 4 is 26.7 Å². The van der Waals surface area contributed by atoms with Crippen LogP contribution in [-0.2, 0) is 19.4 Å². The van der Waals surface area contributed by atoms with Crippen molar-refractivity contribution in [3.63, 3.8) is 0 Å². The smallest absolute Gasteiger partial charge is 0.200 e. The number of nitroso groups, excluding NO2 is 1. The lowest BCUT2D eigenvalue weighted by atomic mass is 9.89. The molecule has 0 radical (unpaired) electrons. The van der Waals surface area contributed by atoms with Crippen molar-refractivity contribution in [2.24, 2.45) is 10.6 Å². The van der Waals surface area contributed by atoms with Crippen LogP contribution in [0.1, 0.15) is 37.7 Å². The predicted octanol–water partition coefficient (Wildman–Crippen LogP) is 5.14. The van der Waals surface area contributed by atoms with Crippen molar-refractivity contribution in [1.82, 2.24) is 14.8 Å². The molecular weight excluding hydrogens is 392 g/mol. The summed E-state index contributed by atoms with van der Waals surface area (Å²) >= 11 is 3.52. The van der Waals surface area contributed by atoms with Crippen molar-refractivity contribution in [3.05, 3.63) is 63.0 Å². The Kier molecular flexibility index (Phi) is 5.51. The summed E-state index contributed by atoms with van der Waals surface area (Å²) in [4.78, 5) is 10.7. The average molecular weight is 415 g/mol. The minimum atomic E-state index is -0.250. The van der Waals surface area contributed by atoms with Crippen LogP contribution in [0.4, 0.5) is 0 Å². The Hall–Kier alpha value is -2.08. The SMILES string of the molecule is CCc1ccc(Cn2c(Br)nnc2CC(C)(C)CN=O)c2ccccc12. The van der Waals surface area contributed by atoms with Gasteiger partial charge in [-0.2, -0.15) is 4.91 Å². The molecule has 1 aromatic heterocycles. The van der Waals surface area contributed by atoms with Crippen LogP contribution >= 0.6 is 15.9 Å². The zero-order valence-electron chi connectivity index (χ0n) is 15.4. The summed E-state index contributed by atoms with van der Waals surface area (Å²) in [6.45, 7) is 7.15. The van der Waals surface area contributed by atoms with Gasteiger partial charge in [-0.3, -0.25) is 0 Å². The third-order valence-corrected chi connectivity index (χ3v) is 5.31. The molecule has 0 aliphatic rings. The molecule has 0 atom stereocenters. The molecule has 3 rings (SSSR count). The molecule has 3 aromatic rings. The second kappa shape index (κ2) is 7.66. The van der Waals surface area contributed by atoms with E-state index in [1.807, 2.05) is 13.8 Å². The van der Waals surface area contributed by atoms with Gasteiger partial charge in [-0.15, -0.1) is 10.2 Å². The van der Waals surface area contributed by atoms with Gasteiger partial charge in [-0.25, -0.2) is 0 Å². The van der Waals surface area contributed by atoms with Crippen molar-refractivity contribution in [3.8, 4) is 0 Å². The van der Waals surface area contributed by atoms with Crippen molar-refractivity contribution < 1.29 is 0 Å². The van der Waals surface area contributed by atoms with Crippen LogP contribution in [0.25, 0.3) is 10.8 Å². The summed E-state index contributed by atoms with van der Waals surface area (Å²) in [6.07, 6.45) is 1.65. The van der Waals surface area contributed by atoms with Gasteiger partial charge in [0.25, 0.3) is 0 Å². The highest BCUT2D eigenvalue weighted by Crippen LogP contribution is 2.27. The van der Waals surface area contributed by atoms with Gasteiger partial charge in [0, 0.05) is 6.42 Å². The number of nitrogens with zero attached hydrogens (tertiary/aromatic N) is 4. The molecule has 0 fully saturated rings. The van der Waals surface area contributed by atoms with E-state index in [4.69, 9.17) is 0 Å². The maximum atomic E-state index is 10.7. The first-order valence-corrected chi connectivity index (χ1v) is 9.60. The average Bonchev–Trinajstić information content (AvgIpc) is 2.94. The Morgan fingerprint density at radius 2 is 1.73 bits per heavy atom. The Balaban J connectivity index is 1.99. The molecule has 5 nitrogen and oxygen atoms in total. The lowest BCUT2D eigenvalue weighted by Crippen LogP contribution is -2.21. The molecule has 0 spiro atoms. The number of hydrogen-bond donors (Lipinski definition) is 0. The highest BCUT2D eigenvalue weighted by Gasteiger charge is 2.23. The number of aryl methyl sites for hydroxylation is 1. The zero-order valence-corrected chi connectivity index (χ0v) is 17.0. The summed E-state index contributed by atoms with van der Waals surface area (Å²) in [5, 5.41) is 14.1. The van der Waals surface area contributed by atoms with Gasteiger partial charge in [-0.05, 0) is 49.7 Å². The first-order valence-electron chi connectivity index (χ1n) is 8.81. The molecule has 0 amide bonds. The Labute approximate surface area is 161 Å². The first kappa shape index (κ1) is 18.7. The van der Waals surface area contributed by atoms with Crippen molar-refractivity contribution in [2.45, 2.75) is 40.2 Å². The summed E-state index contributed by atoms with van der Waals surface area (Å²) in [6, 6.07) is 12.9. The Bertz CT molecular complexity index is 933. The molecule has 0 N–H and O–H groups in total. The van der Waals surface area contributed by atoms with Gasteiger partial charge in [-0.1, -0.05) is 62.3 Å². The van der Waals surface area contributed by atoms with Crippen LogP contribution < -0.4 is 0 Å². The van der Waals surface area contributed by atoms with E-state index >= 15 is 0 Å². The van der Waals surface area contributed by atoms with E-state index < -0.39 is 0 Å². The van der Waals surface area contributed by atoms with Gasteiger partial charge in [0.05, 0.1) is 13.1 Å². The normalized spacial score (nSPS) is 11.8. The first-order chi connectivity index (χ1) is 12.4. The molecule has 0 saturated carbocycles. The molecule has 1 heterocycles. The third kappa shape index (κ3) is 3.85. The number of benzene rings is 2. The van der Waals surface area contributed by atoms with Crippen LogP contribution in [-0.4, -0.2) is 21.3 Å². The fourth-order valence-corrected chi connectivity index (χ4v) is 3.71. The highest BCUT2D eigenvalue weighted by atomic mass is 79.9. The molecule has 0 bridgehead atoms. The van der Waals surface area contributed by atoms with E-state index in [1.165, 1.54) is 21.9 Å². The van der Waals surface area contributed by atoms with Crippen LogP contribution in [0.2, 0.25) is 0 Å². The third-order valence-electron chi connectivity index (χ3n) is 4.73. The largest absolute Gasteiger partial charge is 0.301 e. The fraction of sp³-hybridized carbons (Fsp3) is 0.400. The topological polar surface area (TPSA) is 60.1 Å². The Morgan fingerprint density at radius 1 is 1.08 bits per heavy atom. The minimum Gasteiger partial charge on any atom is -0.301 e. The van der Waals surface area contributed by atoms with Crippen LogP contribution in [0.3, 0.4) is 0 Å². The monoisotopic (exact) mass is 414 g/mol. The zero-order chi connectivity index (χ0) is 18.7. The maximum absolute atomic E-state index is 10.7. The molecule has 0 unspecified atom stereocenters. The summed E-state index contributed by atoms with van der Waals surface area (Å²) in [5.41, 5.74) is 2.33. The molecule has 0 saturated heterocycles. The lowest BCUT2D eigenvalue weighted by Gasteiger charge is -2.21. The van der Waals surface area contributed by atoms with Crippen molar-refractivity contribution in [2.75, 3.05) is 6.54 Å². The maximum Gasteiger partial charge on any atom is 0.200 e. The van der Waals surface area contributed by atoms with E-state index in [2.05, 4.69) is 79.2 Å². The number of hydrogen-bond acceptors (Lipinski definition) is 4. The Morgan fingerprint density at radius 3 is 2.38 bits per heavy atom. The van der Waals surface area contributed by atoms with Gasteiger partial charge in [0.15, 0.2) is 4.73 Å². The van der Waals surface area contributed by atoms with Crippen LogP contribution in [0.15, 0.2) is 46.3 Å². The number of aromatic nitrogens is 3. The van der Waals surface area contributed by atoms with Gasteiger partial charge in [0.2, 0.25) is 0 Å². The van der Waals surface area contributed by atoms with E-state index in [-0.39, 0.29) is 12.0 Å². The number of rotatable bonds is 7. The summed E-state index contributed by atoms with van der Waals surface area (Å²) in [5.74, 6) is 0.856. The molecule has 6 heteroatoms. The summed E-state index contributed by atoms with van der Waals surface area (Å²) < 4.78 is 2.77. The standard InChI is InChI=1S/C20H23BrN4O/c1-4-14-9-10-15(17-8-6-5-7-16(14)17)12-25-18(23-24-19(25)21)11-20(2,3)13-22-26/h5-10H,4,11-13H2,1-3H3. The van der Waals surface area contributed by atoms with Crippen LogP contribution in [0, 0.1) is 10.3 Å². The van der Waals surface area contributed by atoms with Crippen LogP contribution in [0.5, 0.6) is 0 Å². The number of fused-ring (bicyclic) bond motifs is 1. The molecule has 136 valence electrons. The van der Waals surface area contributed by atoms with Gasteiger partial charge in [0.1, 0.15) is 5.82 Å². The van der Waals surface area contributed by atoms with Crippen molar-refractivity contribution in [1.29, 1.82) is 0 Å². The predicted molar refractivity (Wildman–Crippen MR) is 108 cm³/mol. The molecule has 0 aliphatic carbocycles. The molecule has 2 aromatic carbocycles. The molecule has 26 heavy (non-hydrogen) atoms. The van der Waals surface area contributed by atoms with Gasteiger partial charge < -0.3 is 4.57 Å². The minimum absolute atomic E-state index is 0.250. The lowest BCUT2D eigenvalue weighted by molar-refractivity contribution is 0.361. The highest BCUT2D eigenvalue weighted by molar-refractivity contribution is 9.10. The van der Waals surface area contributed by atoms with E-state index in [0.29, 0.717) is 17.7 Å². The quantitative estimate of drug-likeness (QED) is 0.502. The van der Waals surface area contributed by atoms with E-state index in [1.54, 1.807) is 0 Å². The summed E-state index contributed by atoms with van der Waals surface area (Å²) in [7, 11) is 0. The van der Waals surface area contributed by atoms with E-state index in [0.717, 1.165) is 12.2 Å². The molecular formula is C20H23BrN4O. The number of halogens is 1.